The van der Waals surface area contributed by atoms with Gasteiger partial charge in [-0.25, -0.2) is 0 Å². The molecule has 0 bridgehead atoms. The second-order valence-corrected chi connectivity index (χ2v) is 5.19. The summed E-state index contributed by atoms with van der Waals surface area (Å²) in [5.74, 6) is -1.10. The predicted molar refractivity (Wildman–Crippen MR) is 71.3 cm³/mol. The molecule has 2 amide bonds. The minimum atomic E-state index is -0.678. The molecule has 0 radical (unpaired) electrons. The maximum atomic E-state index is 11.5. The summed E-state index contributed by atoms with van der Waals surface area (Å²) in [6, 6.07) is 7.44. The summed E-state index contributed by atoms with van der Waals surface area (Å²) in [5.41, 5.74) is 5.92. The maximum Gasteiger partial charge on any atom is 0.285 e. The van der Waals surface area contributed by atoms with Gasteiger partial charge >= 0.3 is 0 Å². The van der Waals surface area contributed by atoms with Gasteiger partial charge in [-0.05, 0) is 23.8 Å². The SMILES string of the molecule is NC(=O)C1=NC(=O)C(=Cc2ccc(Br)cc2)S1. The van der Waals surface area contributed by atoms with E-state index in [1.54, 1.807) is 6.08 Å². The second-order valence-electron chi connectivity index (χ2n) is 3.25. The molecule has 0 saturated heterocycles. The van der Waals surface area contributed by atoms with Crippen molar-refractivity contribution in [1.29, 1.82) is 0 Å². The van der Waals surface area contributed by atoms with Gasteiger partial charge in [0.2, 0.25) is 0 Å². The summed E-state index contributed by atoms with van der Waals surface area (Å²) < 4.78 is 0.958. The highest BCUT2D eigenvalue weighted by Gasteiger charge is 2.24. The Morgan fingerprint density at radius 1 is 1.35 bits per heavy atom. The summed E-state index contributed by atoms with van der Waals surface area (Å²) in [6.07, 6.45) is 1.68. The number of rotatable bonds is 2. The summed E-state index contributed by atoms with van der Waals surface area (Å²) in [4.78, 5) is 26.3. The molecule has 0 aliphatic carbocycles. The smallest absolute Gasteiger partial charge is 0.285 e. The number of primary amides is 1. The fourth-order valence-electron chi connectivity index (χ4n) is 1.22. The average Bonchev–Trinajstić information content (AvgIpc) is 2.64. The number of nitrogens with two attached hydrogens (primary N) is 1. The van der Waals surface area contributed by atoms with Gasteiger partial charge in [0.15, 0.2) is 5.04 Å². The van der Waals surface area contributed by atoms with Crippen molar-refractivity contribution in [1.82, 2.24) is 0 Å². The number of amides is 2. The van der Waals surface area contributed by atoms with Crippen molar-refractivity contribution >= 4 is 50.6 Å². The molecule has 6 heteroatoms. The number of nitrogens with zero attached hydrogens (tertiary/aromatic N) is 1. The molecule has 0 atom stereocenters. The van der Waals surface area contributed by atoms with E-state index >= 15 is 0 Å². The number of carbonyl (C=O) groups is 2. The first-order chi connectivity index (χ1) is 8.06. The van der Waals surface area contributed by atoms with Crippen molar-refractivity contribution in [2.45, 2.75) is 0 Å². The van der Waals surface area contributed by atoms with Gasteiger partial charge in [-0.1, -0.05) is 39.8 Å². The third kappa shape index (κ3) is 2.83. The molecule has 17 heavy (non-hydrogen) atoms. The first-order valence-corrected chi connectivity index (χ1v) is 6.25. The fraction of sp³-hybridized carbons (Fsp3) is 0. The fourth-order valence-corrected chi connectivity index (χ4v) is 2.25. The molecule has 1 aromatic carbocycles. The first-order valence-electron chi connectivity index (χ1n) is 4.64. The zero-order valence-electron chi connectivity index (χ0n) is 8.51. The Hall–Kier alpha value is -1.40. The van der Waals surface area contributed by atoms with Crippen molar-refractivity contribution in [3.63, 3.8) is 0 Å². The van der Waals surface area contributed by atoms with Crippen molar-refractivity contribution < 1.29 is 9.59 Å². The molecular weight excluding hydrogens is 304 g/mol. The van der Waals surface area contributed by atoms with Crippen LogP contribution in [0, 0.1) is 0 Å². The summed E-state index contributed by atoms with van der Waals surface area (Å²) >= 11 is 4.32. The molecule has 0 fully saturated rings. The van der Waals surface area contributed by atoms with Crippen LogP contribution < -0.4 is 5.73 Å². The highest BCUT2D eigenvalue weighted by Crippen LogP contribution is 2.28. The number of hydrogen-bond donors (Lipinski definition) is 1. The van der Waals surface area contributed by atoms with Crippen LogP contribution in [0.5, 0.6) is 0 Å². The lowest BCUT2D eigenvalue weighted by molar-refractivity contribution is -0.114. The van der Waals surface area contributed by atoms with E-state index in [9.17, 15) is 9.59 Å². The molecule has 0 saturated carbocycles. The van der Waals surface area contributed by atoms with Crippen LogP contribution in [0.2, 0.25) is 0 Å². The molecule has 0 spiro atoms. The molecule has 1 aliphatic rings. The Kier molecular flexibility index (Phi) is 3.44. The standard InChI is InChI=1S/C11H7BrN2O2S/c12-7-3-1-6(2-4-7)5-8-10(16)14-11(17-8)9(13)15/h1-5H,(H2,13,15). The van der Waals surface area contributed by atoms with Gasteiger partial charge in [-0.15, -0.1) is 0 Å². The normalized spacial score (nSPS) is 17.4. The quantitative estimate of drug-likeness (QED) is 0.849. The minimum Gasteiger partial charge on any atom is -0.364 e. The Bertz CT molecular complexity index is 549. The van der Waals surface area contributed by atoms with E-state index in [1.165, 1.54) is 0 Å². The van der Waals surface area contributed by atoms with Gasteiger partial charge in [0.1, 0.15) is 0 Å². The zero-order chi connectivity index (χ0) is 12.4. The van der Waals surface area contributed by atoms with E-state index in [0.29, 0.717) is 4.91 Å². The maximum absolute atomic E-state index is 11.5. The minimum absolute atomic E-state index is 0.0401. The van der Waals surface area contributed by atoms with Crippen molar-refractivity contribution in [2.75, 3.05) is 0 Å². The van der Waals surface area contributed by atoms with Gasteiger partial charge in [0.05, 0.1) is 4.91 Å². The van der Waals surface area contributed by atoms with Crippen LogP contribution in [0.25, 0.3) is 6.08 Å². The molecule has 86 valence electrons. The van der Waals surface area contributed by atoms with E-state index in [4.69, 9.17) is 5.73 Å². The number of thioether (sulfide) groups is 1. The van der Waals surface area contributed by atoms with Crippen LogP contribution in [0.1, 0.15) is 5.56 Å². The number of halogens is 1. The van der Waals surface area contributed by atoms with E-state index in [-0.39, 0.29) is 5.04 Å². The summed E-state index contributed by atoms with van der Waals surface area (Å²) in [7, 11) is 0. The lowest BCUT2D eigenvalue weighted by atomic mass is 10.2. The molecule has 4 nitrogen and oxygen atoms in total. The highest BCUT2D eigenvalue weighted by atomic mass is 79.9. The summed E-state index contributed by atoms with van der Waals surface area (Å²) in [6.45, 7) is 0. The molecular formula is C11H7BrN2O2S. The van der Waals surface area contributed by atoms with Crippen molar-refractivity contribution in [2.24, 2.45) is 10.7 Å². The lowest BCUT2D eigenvalue weighted by Gasteiger charge is -1.96. The van der Waals surface area contributed by atoms with Crippen LogP contribution in [-0.2, 0) is 9.59 Å². The van der Waals surface area contributed by atoms with Gasteiger partial charge in [0.25, 0.3) is 11.8 Å². The molecule has 2 rings (SSSR count). The van der Waals surface area contributed by atoms with E-state index < -0.39 is 11.8 Å². The van der Waals surface area contributed by atoms with E-state index in [2.05, 4.69) is 20.9 Å². The number of benzene rings is 1. The largest absolute Gasteiger partial charge is 0.364 e. The van der Waals surface area contributed by atoms with Gasteiger partial charge in [-0.2, -0.15) is 4.99 Å². The molecule has 1 aromatic rings. The molecule has 0 aromatic heterocycles. The van der Waals surface area contributed by atoms with E-state index in [0.717, 1.165) is 21.8 Å². The van der Waals surface area contributed by atoms with Crippen LogP contribution in [0.15, 0.2) is 38.6 Å². The predicted octanol–water partition coefficient (Wildman–Crippen LogP) is 1.95. The zero-order valence-corrected chi connectivity index (χ0v) is 10.9. The Morgan fingerprint density at radius 3 is 2.53 bits per heavy atom. The number of aliphatic imine (C=N–C) groups is 1. The van der Waals surface area contributed by atoms with E-state index in [1.807, 2.05) is 24.3 Å². The first kappa shape index (κ1) is 12.1. The highest BCUT2D eigenvalue weighted by molar-refractivity contribution is 9.10. The van der Waals surface area contributed by atoms with Crippen LogP contribution in [0.3, 0.4) is 0 Å². The Morgan fingerprint density at radius 2 is 2.00 bits per heavy atom. The molecule has 0 unspecified atom stereocenters. The Labute approximate surface area is 110 Å². The number of carbonyl (C=O) groups excluding carboxylic acids is 2. The third-order valence-electron chi connectivity index (χ3n) is 2.00. The summed E-state index contributed by atoms with van der Waals surface area (Å²) in [5, 5.41) is 0.0401. The van der Waals surface area contributed by atoms with Gasteiger partial charge < -0.3 is 5.73 Å². The Balaban J connectivity index is 2.23. The molecule has 1 aliphatic heterocycles. The lowest BCUT2D eigenvalue weighted by Crippen LogP contribution is -2.18. The molecule has 1 heterocycles. The van der Waals surface area contributed by atoms with Crippen LogP contribution in [0.4, 0.5) is 0 Å². The van der Waals surface area contributed by atoms with Crippen LogP contribution in [-0.4, -0.2) is 16.9 Å². The average molecular weight is 311 g/mol. The van der Waals surface area contributed by atoms with Gasteiger partial charge in [0, 0.05) is 4.47 Å². The van der Waals surface area contributed by atoms with Crippen LogP contribution >= 0.6 is 27.7 Å². The van der Waals surface area contributed by atoms with Crippen molar-refractivity contribution in [3.8, 4) is 0 Å². The van der Waals surface area contributed by atoms with Crippen molar-refractivity contribution in [3.05, 3.63) is 39.2 Å². The molecule has 2 N–H and O–H groups in total. The second kappa shape index (κ2) is 4.85. The van der Waals surface area contributed by atoms with Gasteiger partial charge in [-0.3, -0.25) is 9.59 Å². The topological polar surface area (TPSA) is 72.5 Å². The number of hydrogen-bond acceptors (Lipinski definition) is 3. The monoisotopic (exact) mass is 310 g/mol. The third-order valence-corrected chi connectivity index (χ3v) is 3.53.